The van der Waals surface area contributed by atoms with Crippen LogP contribution in [-0.2, 0) is 6.54 Å². The monoisotopic (exact) mass is 252 g/mol. The summed E-state index contributed by atoms with van der Waals surface area (Å²) in [7, 11) is 0. The van der Waals surface area contributed by atoms with Crippen LogP contribution in [0.5, 0.6) is 0 Å². The van der Waals surface area contributed by atoms with E-state index in [0.29, 0.717) is 6.54 Å². The van der Waals surface area contributed by atoms with Crippen LogP contribution >= 0.6 is 0 Å². The van der Waals surface area contributed by atoms with Gasteiger partial charge in [0.2, 0.25) is 5.78 Å². The van der Waals surface area contributed by atoms with E-state index >= 15 is 0 Å². The molecule has 1 aliphatic rings. The summed E-state index contributed by atoms with van der Waals surface area (Å²) in [4.78, 5) is 18.9. The molecule has 0 fully saturated rings. The predicted molar refractivity (Wildman–Crippen MR) is 70.6 cm³/mol. The van der Waals surface area contributed by atoms with Crippen molar-refractivity contribution in [1.82, 2.24) is 19.7 Å². The van der Waals surface area contributed by atoms with E-state index in [4.69, 9.17) is 0 Å². The third-order valence-corrected chi connectivity index (χ3v) is 2.87. The molecular formula is C14H12N4O. The number of imidazole rings is 1. The molecule has 0 saturated carbocycles. The zero-order chi connectivity index (χ0) is 13.1. The van der Waals surface area contributed by atoms with Gasteiger partial charge in [-0.1, -0.05) is 18.2 Å². The first-order valence-corrected chi connectivity index (χ1v) is 5.94. The molecule has 1 aromatic carbocycles. The SMILES string of the molecule is O=C1NCc2ccccc21.c1cnc2nccn2c1. The average molecular weight is 252 g/mol. The van der Waals surface area contributed by atoms with Crippen molar-refractivity contribution in [2.24, 2.45) is 0 Å². The van der Waals surface area contributed by atoms with E-state index in [2.05, 4.69) is 15.3 Å². The molecule has 0 atom stereocenters. The number of hydrogen-bond acceptors (Lipinski definition) is 3. The number of nitrogens with one attached hydrogen (secondary N) is 1. The molecule has 2 aromatic heterocycles. The van der Waals surface area contributed by atoms with Crippen LogP contribution in [0.25, 0.3) is 5.78 Å². The number of benzene rings is 1. The van der Waals surface area contributed by atoms with Crippen LogP contribution in [0.1, 0.15) is 15.9 Å². The summed E-state index contributed by atoms with van der Waals surface area (Å²) in [6, 6.07) is 9.50. The topological polar surface area (TPSA) is 59.3 Å². The first-order valence-electron chi connectivity index (χ1n) is 5.94. The highest BCUT2D eigenvalue weighted by Crippen LogP contribution is 2.13. The maximum absolute atomic E-state index is 11.0. The van der Waals surface area contributed by atoms with E-state index in [1.165, 1.54) is 0 Å². The summed E-state index contributed by atoms with van der Waals surface area (Å²) in [6.07, 6.45) is 7.22. The predicted octanol–water partition coefficient (Wildman–Crippen LogP) is 1.66. The van der Waals surface area contributed by atoms with Crippen LogP contribution in [0.4, 0.5) is 0 Å². The Morgan fingerprint density at radius 3 is 2.74 bits per heavy atom. The maximum Gasteiger partial charge on any atom is 0.251 e. The molecule has 3 aromatic rings. The summed E-state index contributed by atoms with van der Waals surface area (Å²) < 4.78 is 1.86. The molecule has 19 heavy (non-hydrogen) atoms. The Morgan fingerprint density at radius 1 is 1.05 bits per heavy atom. The Hall–Kier alpha value is -2.69. The highest BCUT2D eigenvalue weighted by molar-refractivity contribution is 5.98. The van der Waals surface area contributed by atoms with E-state index in [1.54, 1.807) is 12.4 Å². The highest BCUT2D eigenvalue weighted by Gasteiger charge is 2.16. The normalized spacial score (nSPS) is 12.5. The smallest absolute Gasteiger partial charge is 0.251 e. The van der Waals surface area contributed by atoms with Gasteiger partial charge in [-0.3, -0.25) is 9.20 Å². The maximum atomic E-state index is 11.0. The molecule has 0 spiro atoms. The fourth-order valence-electron chi connectivity index (χ4n) is 1.93. The first kappa shape index (κ1) is 11.4. The van der Waals surface area contributed by atoms with Crippen molar-refractivity contribution in [3.63, 3.8) is 0 Å². The molecule has 5 nitrogen and oxygen atoms in total. The Morgan fingerprint density at radius 2 is 1.89 bits per heavy atom. The largest absolute Gasteiger partial charge is 0.348 e. The number of nitrogens with zero attached hydrogens (tertiary/aromatic N) is 3. The zero-order valence-corrected chi connectivity index (χ0v) is 10.2. The van der Waals surface area contributed by atoms with Crippen LogP contribution in [0, 0.1) is 0 Å². The molecule has 1 amide bonds. The summed E-state index contributed by atoms with van der Waals surface area (Å²) >= 11 is 0. The van der Waals surface area contributed by atoms with Crippen molar-refractivity contribution in [3.8, 4) is 0 Å². The van der Waals surface area contributed by atoms with Crippen LogP contribution in [0.2, 0.25) is 0 Å². The summed E-state index contributed by atoms with van der Waals surface area (Å²) in [5, 5.41) is 2.75. The van der Waals surface area contributed by atoms with Crippen molar-refractivity contribution >= 4 is 11.7 Å². The Kier molecular flexibility index (Phi) is 2.94. The Bertz CT molecular complexity index is 690. The number of hydrogen-bond donors (Lipinski definition) is 1. The molecule has 1 N–H and O–H groups in total. The number of fused-ring (bicyclic) bond motifs is 2. The summed E-state index contributed by atoms with van der Waals surface area (Å²) in [5.41, 5.74) is 1.93. The second kappa shape index (κ2) is 4.89. The molecule has 0 radical (unpaired) electrons. The number of rotatable bonds is 0. The van der Waals surface area contributed by atoms with E-state index in [-0.39, 0.29) is 5.91 Å². The lowest BCUT2D eigenvalue weighted by molar-refractivity contribution is 0.0966. The van der Waals surface area contributed by atoms with Crippen LogP contribution in [-0.4, -0.2) is 20.3 Å². The minimum atomic E-state index is 0.0515. The fourth-order valence-corrected chi connectivity index (χ4v) is 1.93. The van der Waals surface area contributed by atoms with E-state index in [9.17, 15) is 4.79 Å². The quantitative estimate of drug-likeness (QED) is 0.662. The van der Waals surface area contributed by atoms with E-state index in [0.717, 1.165) is 16.9 Å². The first-order chi connectivity index (χ1) is 9.34. The lowest BCUT2D eigenvalue weighted by atomic mass is 10.1. The van der Waals surface area contributed by atoms with Gasteiger partial charge in [0.1, 0.15) is 0 Å². The standard InChI is InChI=1S/C8H7NO.C6H5N3/c10-8-7-4-2-1-3-6(7)5-9-8;1-2-7-6-8-3-5-9(6)4-1/h1-4H,5H2,(H,9,10);1-5H. The molecule has 0 unspecified atom stereocenters. The van der Waals surface area contributed by atoms with Gasteiger partial charge in [0.25, 0.3) is 5.91 Å². The molecule has 0 saturated heterocycles. The molecule has 1 aliphatic heterocycles. The van der Waals surface area contributed by atoms with Crippen molar-refractivity contribution < 1.29 is 4.79 Å². The number of carbonyl (C=O) groups excluding carboxylic acids is 1. The van der Waals surface area contributed by atoms with Gasteiger partial charge in [-0.2, -0.15) is 0 Å². The van der Waals surface area contributed by atoms with Crippen molar-refractivity contribution in [2.45, 2.75) is 6.54 Å². The second-order valence-corrected chi connectivity index (χ2v) is 4.09. The number of aromatic nitrogens is 3. The second-order valence-electron chi connectivity index (χ2n) is 4.09. The van der Waals surface area contributed by atoms with Gasteiger partial charge >= 0.3 is 0 Å². The van der Waals surface area contributed by atoms with Crippen molar-refractivity contribution in [3.05, 3.63) is 66.2 Å². The van der Waals surface area contributed by atoms with Gasteiger partial charge in [0.15, 0.2) is 0 Å². The molecule has 0 bridgehead atoms. The summed E-state index contributed by atoms with van der Waals surface area (Å²) in [6.45, 7) is 0.689. The number of carbonyl (C=O) groups is 1. The van der Waals surface area contributed by atoms with Crippen molar-refractivity contribution in [1.29, 1.82) is 0 Å². The average Bonchev–Trinajstić information content (AvgIpc) is 3.07. The Labute approximate surface area is 109 Å². The van der Waals surface area contributed by atoms with Gasteiger partial charge in [0, 0.05) is 36.9 Å². The molecule has 4 rings (SSSR count). The van der Waals surface area contributed by atoms with Crippen LogP contribution in [0.15, 0.2) is 55.1 Å². The van der Waals surface area contributed by atoms with Gasteiger partial charge in [0.05, 0.1) is 0 Å². The molecule has 3 heterocycles. The molecule has 94 valence electrons. The third kappa shape index (κ3) is 2.30. The highest BCUT2D eigenvalue weighted by atomic mass is 16.1. The number of amides is 1. The van der Waals surface area contributed by atoms with Crippen LogP contribution < -0.4 is 5.32 Å². The van der Waals surface area contributed by atoms with Gasteiger partial charge in [-0.25, -0.2) is 9.97 Å². The zero-order valence-electron chi connectivity index (χ0n) is 10.2. The fraction of sp³-hybridized carbons (Fsp3) is 0.0714. The molecule has 0 aliphatic carbocycles. The van der Waals surface area contributed by atoms with Gasteiger partial charge in [-0.15, -0.1) is 0 Å². The minimum absolute atomic E-state index is 0.0515. The summed E-state index contributed by atoms with van der Waals surface area (Å²) in [5.74, 6) is 0.799. The van der Waals surface area contributed by atoms with Crippen LogP contribution in [0.3, 0.4) is 0 Å². The molecular weight excluding hydrogens is 240 g/mol. The van der Waals surface area contributed by atoms with Gasteiger partial charge < -0.3 is 5.32 Å². The molecule has 5 heteroatoms. The Balaban J connectivity index is 0.000000117. The van der Waals surface area contributed by atoms with E-state index in [1.807, 2.05) is 47.1 Å². The lowest BCUT2D eigenvalue weighted by Crippen LogP contribution is -2.12. The van der Waals surface area contributed by atoms with Crippen molar-refractivity contribution in [2.75, 3.05) is 0 Å². The third-order valence-electron chi connectivity index (χ3n) is 2.87. The van der Waals surface area contributed by atoms with Gasteiger partial charge in [-0.05, 0) is 17.7 Å². The minimum Gasteiger partial charge on any atom is -0.348 e. The lowest BCUT2D eigenvalue weighted by Gasteiger charge is -1.89. The van der Waals surface area contributed by atoms with E-state index < -0.39 is 0 Å².